The summed E-state index contributed by atoms with van der Waals surface area (Å²) in [5, 5.41) is 24.8. The Morgan fingerprint density at radius 1 is 0.729 bits per heavy atom. The lowest BCUT2D eigenvalue weighted by molar-refractivity contribution is 0.0333. The van der Waals surface area contributed by atoms with Gasteiger partial charge in [-0.05, 0) is 74.9 Å². The van der Waals surface area contributed by atoms with Crippen LogP contribution in [0.5, 0.6) is 0 Å². The Morgan fingerprint density at radius 2 is 1.22 bits per heavy atom. The zero-order chi connectivity index (χ0) is 41.5. The Kier molecular flexibility index (Phi) is 10.9. The predicted molar refractivity (Wildman–Crippen MR) is 210 cm³/mol. The lowest BCUT2D eigenvalue weighted by Crippen LogP contribution is -2.36. The maximum Gasteiger partial charge on any atom is 0.280 e. The normalized spacial score (nSPS) is 20.9. The molecule has 0 aliphatic heterocycles. The van der Waals surface area contributed by atoms with Crippen molar-refractivity contribution in [3.8, 4) is 0 Å². The first-order valence-corrected chi connectivity index (χ1v) is 19.5. The summed E-state index contributed by atoms with van der Waals surface area (Å²) in [5.74, 6) is 1.66. The number of halogens is 5. The van der Waals surface area contributed by atoms with Crippen LogP contribution in [0.4, 0.5) is 8.78 Å². The minimum atomic E-state index is -1.42. The Bertz CT molecular complexity index is 2860. The minimum absolute atomic E-state index is 0.0126. The topological polar surface area (TPSA) is 193 Å². The van der Waals surface area contributed by atoms with Gasteiger partial charge in [-0.1, -0.05) is 57.8 Å². The van der Waals surface area contributed by atoms with Crippen molar-refractivity contribution in [2.45, 2.75) is 75.1 Å². The largest absolute Gasteiger partial charge is 0.338 e. The molecular weight excluding hydrogens is 833 g/mol. The molecule has 6 heterocycles. The molecular formula is C38H33Cl3F2N12O4. The molecule has 0 spiro atoms. The van der Waals surface area contributed by atoms with Crippen LogP contribution < -0.4 is 11.1 Å². The zero-order valence-electron chi connectivity index (χ0n) is 31.3. The molecule has 304 valence electrons. The highest BCUT2D eigenvalue weighted by Crippen LogP contribution is 2.54. The number of fused-ring (bicyclic) bond motifs is 2. The van der Waals surface area contributed by atoms with Gasteiger partial charge in [0.1, 0.15) is 36.4 Å². The second-order valence-electron chi connectivity index (χ2n) is 14.4. The van der Waals surface area contributed by atoms with Gasteiger partial charge < -0.3 is 14.0 Å². The molecule has 0 atom stereocenters. The van der Waals surface area contributed by atoms with Crippen LogP contribution in [0, 0.1) is 13.8 Å². The number of hydrogen-bond donors (Lipinski definition) is 1. The van der Waals surface area contributed by atoms with Crippen molar-refractivity contribution in [1.29, 1.82) is 0 Å². The fraction of sp³-hybridized carbons (Fsp3) is 0.316. The van der Waals surface area contributed by atoms with Crippen LogP contribution in [-0.2, 0) is 23.8 Å². The fourth-order valence-corrected chi connectivity index (χ4v) is 7.43. The van der Waals surface area contributed by atoms with Crippen molar-refractivity contribution < 1.29 is 17.8 Å². The van der Waals surface area contributed by atoms with Gasteiger partial charge in [0.2, 0.25) is 11.8 Å². The van der Waals surface area contributed by atoms with Crippen molar-refractivity contribution in [3.63, 3.8) is 0 Å². The SMILES string of the molecule is Cc1cnn2nc[nH]c(=O)c12.Cc1cnn2ncn(Cc3nc(C4CC(F)(c5ccc(Cl)cc5)C4)no3)c(=O)c12.FC1(c2ccc(Cl)cc2)CC(c2noc(CCl)n2)C1. The Hall–Kier alpha value is -5.85. The lowest BCUT2D eigenvalue weighted by atomic mass is 9.68. The molecule has 6 aromatic heterocycles. The van der Waals surface area contributed by atoms with E-state index in [0.717, 1.165) is 11.1 Å². The van der Waals surface area contributed by atoms with Crippen molar-refractivity contribution in [2.24, 2.45) is 0 Å². The summed E-state index contributed by atoms with van der Waals surface area (Å²) < 4.78 is 43.9. The van der Waals surface area contributed by atoms with E-state index in [1.807, 2.05) is 6.92 Å². The fourth-order valence-electron chi connectivity index (χ4n) is 7.07. The third-order valence-corrected chi connectivity index (χ3v) is 11.1. The monoisotopic (exact) mass is 864 g/mol. The van der Waals surface area contributed by atoms with Gasteiger partial charge >= 0.3 is 0 Å². The maximum absolute atomic E-state index is 15.1. The van der Waals surface area contributed by atoms with Gasteiger partial charge in [-0.3, -0.25) is 14.2 Å². The molecule has 0 amide bonds. The number of nitrogens with one attached hydrogen (secondary N) is 1. The first-order chi connectivity index (χ1) is 28.3. The van der Waals surface area contributed by atoms with Gasteiger partial charge in [0.05, 0.1) is 12.4 Å². The first-order valence-electron chi connectivity index (χ1n) is 18.2. The van der Waals surface area contributed by atoms with E-state index >= 15 is 4.39 Å². The molecule has 2 saturated carbocycles. The van der Waals surface area contributed by atoms with E-state index in [1.54, 1.807) is 67.8 Å². The number of hydrogen-bond acceptors (Lipinski definition) is 12. The van der Waals surface area contributed by atoms with E-state index in [9.17, 15) is 14.0 Å². The number of nitrogens with zero attached hydrogens (tertiary/aromatic N) is 11. The van der Waals surface area contributed by atoms with E-state index < -0.39 is 11.3 Å². The Balaban J connectivity index is 0.000000137. The summed E-state index contributed by atoms with van der Waals surface area (Å²) in [4.78, 5) is 34.7. The van der Waals surface area contributed by atoms with Crippen LogP contribution in [0.15, 0.2) is 92.2 Å². The molecule has 16 nitrogen and oxygen atoms in total. The second-order valence-corrected chi connectivity index (χ2v) is 15.5. The Labute approximate surface area is 347 Å². The van der Waals surface area contributed by atoms with Crippen molar-refractivity contribution in [1.82, 2.24) is 59.5 Å². The molecule has 2 fully saturated rings. The Morgan fingerprint density at radius 3 is 1.73 bits per heavy atom. The molecule has 0 saturated heterocycles. The predicted octanol–water partition coefficient (Wildman–Crippen LogP) is 6.96. The number of H-pyrrole nitrogens is 1. The second kappa shape index (κ2) is 16.1. The van der Waals surface area contributed by atoms with Crippen LogP contribution in [0.1, 0.15) is 83.2 Å². The highest BCUT2D eigenvalue weighted by Gasteiger charge is 2.49. The van der Waals surface area contributed by atoms with E-state index in [0.29, 0.717) is 62.6 Å². The summed E-state index contributed by atoms with van der Waals surface area (Å²) in [5.41, 5.74) is 0.581. The van der Waals surface area contributed by atoms with Crippen molar-refractivity contribution >= 4 is 45.8 Å². The number of aryl methyl sites for hydroxylation is 2. The standard InChI is InChI=1S/C19H16ClFN6O2.C13H11Cl2FN2O.C6H6N4O/c1-11-8-22-27-16(11)18(28)26(10-23-27)9-15-24-17(25-29-15)12-6-19(21,7-12)13-2-4-14(20)5-3-13;14-7-11-17-12(18-19-11)8-5-13(16,6-8)9-1-3-10(15)4-2-9;1-4-2-8-10-5(4)6(11)7-3-9-10/h2-5,8,10,12H,6-7,9H2,1H3;1-4,8H,5-7H2;2-3H,1H3,(H,7,9,11). The van der Waals surface area contributed by atoms with E-state index in [2.05, 4.69) is 45.7 Å². The molecule has 2 aliphatic rings. The van der Waals surface area contributed by atoms with Crippen LogP contribution in [0.25, 0.3) is 11.0 Å². The molecule has 21 heteroatoms. The molecule has 8 aromatic rings. The van der Waals surface area contributed by atoms with E-state index in [1.165, 1.54) is 26.5 Å². The molecule has 2 aromatic carbocycles. The number of rotatable bonds is 7. The number of aromatic amines is 1. The summed E-state index contributed by atoms with van der Waals surface area (Å²) in [7, 11) is 0. The third-order valence-electron chi connectivity index (χ3n) is 10.3. The molecule has 2 aliphatic carbocycles. The van der Waals surface area contributed by atoms with E-state index in [4.69, 9.17) is 43.8 Å². The molecule has 1 N–H and O–H groups in total. The average molecular weight is 866 g/mol. The van der Waals surface area contributed by atoms with Gasteiger partial charge in [0, 0.05) is 33.0 Å². The minimum Gasteiger partial charge on any atom is -0.338 e. The zero-order valence-corrected chi connectivity index (χ0v) is 33.5. The van der Waals surface area contributed by atoms with Crippen LogP contribution in [0.2, 0.25) is 10.0 Å². The highest BCUT2D eigenvalue weighted by atomic mass is 35.5. The number of alkyl halides is 3. The van der Waals surface area contributed by atoms with Gasteiger partial charge in [-0.15, -0.1) is 31.1 Å². The first kappa shape index (κ1) is 40.0. The van der Waals surface area contributed by atoms with Crippen molar-refractivity contribution in [2.75, 3.05) is 0 Å². The maximum atomic E-state index is 15.1. The molecule has 0 radical (unpaired) electrons. The van der Waals surface area contributed by atoms with Gasteiger partial charge in [0.25, 0.3) is 11.1 Å². The van der Waals surface area contributed by atoms with Crippen LogP contribution in [0.3, 0.4) is 0 Å². The van der Waals surface area contributed by atoms with Crippen molar-refractivity contribution in [3.05, 3.63) is 150 Å². The molecule has 10 rings (SSSR count). The van der Waals surface area contributed by atoms with Gasteiger partial charge in [-0.25, -0.2) is 8.78 Å². The molecule has 59 heavy (non-hydrogen) atoms. The smallest absolute Gasteiger partial charge is 0.280 e. The number of benzene rings is 2. The van der Waals surface area contributed by atoms with Gasteiger partial charge in [-0.2, -0.15) is 20.2 Å². The summed E-state index contributed by atoms with van der Waals surface area (Å²) in [6.45, 7) is 3.70. The van der Waals surface area contributed by atoms with Gasteiger partial charge in [0.15, 0.2) is 22.7 Å². The highest BCUT2D eigenvalue weighted by molar-refractivity contribution is 6.30. The number of aromatic nitrogens is 12. The summed E-state index contributed by atoms with van der Waals surface area (Å²) in [6.07, 6.45) is 7.15. The third kappa shape index (κ3) is 8.11. The summed E-state index contributed by atoms with van der Waals surface area (Å²) in [6, 6.07) is 13.6. The summed E-state index contributed by atoms with van der Waals surface area (Å²) >= 11 is 17.3. The van der Waals surface area contributed by atoms with Crippen LogP contribution in [-0.4, -0.2) is 59.5 Å². The van der Waals surface area contributed by atoms with Crippen LogP contribution >= 0.6 is 34.8 Å². The van der Waals surface area contributed by atoms with E-state index in [-0.39, 0.29) is 54.1 Å². The average Bonchev–Trinajstić information content (AvgIpc) is 4.03. The molecule has 0 unspecified atom stereocenters. The quantitative estimate of drug-likeness (QED) is 0.162. The molecule has 0 bridgehead atoms. The lowest BCUT2D eigenvalue weighted by Gasteiger charge is -2.40.